The Bertz CT molecular complexity index is 1850. The minimum Gasteiger partial charge on any atom is -0.490 e. The molecule has 0 spiro atoms. The first-order valence-corrected chi connectivity index (χ1v) is 17.9. The number of fused-ring (bicyclic) bond motifs is 3. The molecule has 47 heavy (non-hydrogen) atoms. The molecule has 0 aromatic heterocycles. The van der Waals surface area contributed by atoms with E-state index in [2.05, 4.69) is 4.72 Å². The average molecular weight is 660 g/mol. The van der Waals surface area contributed by atoms with E-state index in [9.17, 15) is 13.2 Å². The highest BCUT2D eigenvalue weighted by Crippen LogP contribution is 2.40. The monoisotopic (exact) mass is 659 g/mol. The fourth-order valence-electron chi connectivity index (χ4n) is 7.55. The van der Waals surface area contributed by atoms with Crippen LogP contribution in [0.15, 0.2) is 95.9 Å². The van der Waals surface area contributed by atoms with Gasteiger partial charge in [0.15, 0.2) is 6.04 Å². The molecule has 2 saturated heterocycles. The molecule has 3 aliphatic rings. The number of nitrogens with zero attached hydrogens (tertiary/aromatic N) is 1. The molecule has 3 fully saturated rings. The number of sulfonamides is 1. The number of amides is 1. The van der Waals surface area contributed by atoms with Gasteiger partial charge >= 0.3 is 0 Å². The summed E-state index contributed by atoms with van der Waals surface area (Å²) in [6.07, 6.45) is 6.76. The molecular weight excluding hydrogens is 620 g/mol. The second-order valence-corrected chi connectivity index (χ2v) is 14.9. The molecule has 2 bridgehead atoms. The molecule has 2 aliphatic heterocycles. The van der Waals surface area contributed by atoms with E-state index in [0.717, 1.165) is 42.2 Å². The predicted octanol–water partition coefficient (Wildman–Crippen LogP) is 6.75. The van der Waals surface area contributed by atoms with Gasteiger partial charge in [-0.05, 0) is 97.5 Å². The lowest BCUT2D eigenvalue weighted by Gasteiger charge is -2.41. The number of carbonyl (C=O) groups is 1. The van der Waals surface area contributed by atoms with Crippen molar-refractivity contribution in [2.75, 3.05) is 0 Å². The number of ether oxygens (including phenoxy) is 1. The van der Waals surface area contributed by atoms with Gasteiger partial charge in [-0.2, -0.15) is 13.5 Å². The third-order valence-corrected chi connectivity index (χ3v) is 11.4. The number of nitrogens with two attached hydrogens (primary N) is 1. The SMILES string of the molecule is NC1CC2CCC(C1)N2C(=O)C(NS(=O)(=O)c1ccc2cc(OC3CCCC3)ccc2c1)C(F)(F)c1ccc(-c2ccccc2)cc1. The molecule has 3 N–H and O–H groups in total. The summed E-state index contributed by atoms with van der Waals surface area (Å²) in [6, 6.07) is 21.7. The number of nitrogens with one attached hydrogen (secondary N) is 1. The van der Waals surface area contributed by atoms with Gasteiger partial charge in [-0.15, -0.1) is 0 Å². The molecule has 1 amide bonds. The molecule has 10 heteroatoms. The quantitative estimate of drug-likeness (QED) is 0.207. The summed E-state index contributed by atoms with van der Waals surface area (Å²) in [7, 11) is -4.56. The molecule has 246 valence electrons. The third-order valence-electron chi connectivity index (χ3n) is 9.98. The van der Waals surface area contributed by atoms with Crippen LogP contribution in [-0.4, -0.2) is 49.5 Å². The standard InChI is InChI=1S/C37H39F2N3O4S/c38-37(39,28-14-10-25(11-15-28)24-6-2-1-3-7-24)35(36(43)42-30-16-17-31(42)23-29(40)22-30)41-47(44,45)34-19-13-26-20-33(18-12-27(26)21-34)46-32-8-4-5-9-32/h1-3,6-7,10-15,18-21,29-32,35,41H,4-5,8-9,16-17,22-23,40H2. The maximum Gasteiger partial charge on any atom is 0.298 e. The van der Waals surface area contributed by atoms with Crippen molar-refractivity contribution in [1.82, 2.24) is 9.62 Å². The van der Waals surface area contributed by atoms with Crippen molar-refractivity contribution in [1.29, 1.82) is 0 Å². The average Bonchev–Trinajstić information content (AvgIpc) is 3.68. The van der Waals surface area contributed by atoms with Gasteiger partial charge in [-0.1, -0.05) is 66.7 Å². The molecule has 3 atom stereocenters. The van der Waals surface area contributed by atoms with Crippen LogP contribution >= 0.6 is 0 Å². The highest BCUT2D eigenvalue weighted by Gasteiger charge is 2.53. The van der Waals surface area contributed by atoms with Gasteiger partial charge in [0.2, 0.25) is 15.9 Å². The van der Waals surface area contributed by atoms with E-state index in [1.54, 1.807) is 30.3 Å². The minimum absolute atomic E-state index is 0.126. The van der Waals surface area contributed by atoms with Crippen LogP contribution in [0.25, 0.3) is 21.9 Å². The van der Waals surface area contributed by atoms with Crippen LogP contribution in [-0.2, 0) is 20.7 Å². The summed E-state index contributed by atoms with van der Waals surface area (Å²) in [5, 5.41) is 1.37. The van der Waals surface area contributed by atoms with Gasteiger partial charge in [-0.25, -0.2) is 8.42 Å². The van der Waals surface area contributed by atoms with Crippen LogP contribution in [0.5, 0.6) is 5.75 Å². The first-order valence-electron chi connectivity index (χ1n) is 16.4. The van der Waals surface area contributed by atoms with E-state index in [1.165, 1.54) is 29.2 Å². The lowest BCUT2D eigenvalue weighted by Crippen LogP contribution is -2.60. The van der Waals surface area contributed by atoms with Crippen molar-refractivity contribution in [3.8, 4) is 16.9 Å². The largest absolute Gasteiger partial charge is 0.490 e. The van der Waals surface area contributed by atoms with E-state index in [4.69, 9.17) is 10.5 Å². The smallest absolute Gasteiger partial charge is 0.298 e. The molecular formula is C37H39F2N3O4S. The van der Waals surface area contributed by atoms with Gasteiger partial charge in [0.05, 0.1) is 11.0 Å². The van der Waals surface area contributed by atoms with Crippen LogP contribution in [0.1, 0.15) is 56.9 Å². The Hall–Kier alpha value is -3.86. The van der Waals surface area contributed by atoms with Gasteiger partial charge in [-0.3, -0.25) is 4.79 Å². The maximum atomic E-state index is 16.6. The number of benzene rings is 4. The highest BCUT2D eigenvalue weighted by atomic mass is 32.2. The van der Waals surface area contributed by atoms with Gasteiger partial charge < -0.3 is 15.4 Å². The number of alkyl halides is 2. The Kier molecular flexibility index (Phi) is 8.53. The zero-order valence-corrected chi connectivity index (χ0v) is 26.8. The first kappa shape index (κ1) is 31.7. The summed E-state index contributed by atoms with van der Waals surface area (Å²) in [5.74, 6) is -4.08. The van der Waals surface area contributed by atoms with Crippen molar-refractivity contribution in [2.45, 2.75) is 92.5 Å². The van der Waals surface area contributed by atoms with E-state index >= 15 is 8.78 Å². The van der Waals surface area contributed by atoms with E-state index in [0.29, 0.717) is 36.8 Å². The van der Waals surface area contributed by atoms with Crippen LogP contribution in [0, 0.1) is 0 Å². The molecule has 4 aromatic rings. The molecule has 7 nitrogen and oxygen atoms in total. The lowest BCUT2D eigenvalue weighted by atomic mass is 9.94. The number of rotatable bonds is 9. The Labute approximate surface area is 274 Å². The van der Waals surface area contributed by atoms with Crippen LogP contribution in [0.2, 0.25) is 0 Å². The zero-order chi connectivity index (χ0) is 32.8. The second kappa shape index (κ2) is 12.6. The van der Waals surface area contributed by atoms with Crippen LogP contribution in [0.4, 0.5) is 8.78 Å². The number of halogens is 2. The number of hydrogen-bond donors (Lipinski definition) is 2. The minimum atomic E-state index is -4.56. The molecule has 1 aliphatic carbocycles. The van der Waals surface area contributed by atoms with Gasteiger partial charge in [0.1, 0.15) is 5.75 Å². The summed E-state index contributed by atoms with van der Waals surface area (Å²) in [6.45, 7) is 0. The third kappa shape index (κ3) is 6.38. The second-order valence-electron chi connectivity index (χ2n) is 13.2. The van der Waals surface area contributed by atoms with E-state index in [1.807, 2.05) is 36.4 Å². The van der Waals surface area contributed by atoms with E-state index < -0.39 is 33.5 Å². The van der Waals surface area contributed by atoms with E-state index in [-0.39, 0.29) is 29.1 Å². The van der Waals surface area contributed by atoms with Crippen molar-refractivity contribution in [2.24, 2.45) is 5.73 Å². The fraction of sp³-hybridized carbons (Fsp3) is 0.378. The van der Waals surface area contributed by atoms with Gasteiger partial charge in [0, 0.05) is 23.7 Å². The Morgan fingerprint density at radius 2 is 1.45 bits per heavy atom. The number of hydrogen-bond acceptors (Lipinski definition) is 5. The lowest BCUT2D eigenvalue weighted by molar-refractivity contribution is -0.149. The molecule has 1 saturated carbocycles. The molecule has 2 heterocycles. The molecule has 0 radical (unpaired) electrons. The Balaban J connectivity index is 1.20. The van der Waals surface area contributed by atoms with Crippen molar-refractivity contribution >= 4 is 26.7 Å². The van der Waals surface area contributed by atoms with Crippen molar-refractivity contribution < 1.29 is 26.7 Å². The summed E-state index contributed by atoms with van der Waals surface area (Å²) >= 11 is 0. The summed E-state index contributed by atoms with van der Waals surface area (Å²) in [5.41, 5.74) is 7.33. The molecule has 3 unspecified atom stereocenters. The predicted molar refractivity (Wildman–Crippen MR) is 178 cm³/mol. The topological polar surface area (TPSA) is 102 Å². The summed E-state index contributed by atoms with van der Waals surface area (Å²) < 4.78 is 69.2. The van der Waals surface area contributed by atoms with Crippen molar-refractivity contribution in [3.05, 3.63) is 96.6 Å². The van der Waals surface area contributed by atoms with Crippen LogP contribution in [0.3, 0.4) is 0 Å². The molecule has 7 rings (SSSR count). The number of piperidine rings is 1. The summed E-state index contributed by atoms with van der Waals surface area (Å²) in [4.78, 5) is 15.4. The molecule has 4 aromatic carbocycles. The fourth-order valence-corrected chi connectivity index (χ4v) is 8.78. The Morgan fingerprint density at radius 1 is 0.830 bits per heavy atom. The first-order chi connectivity index (χ1) is 22.6. The maximum absolute atomic E-state index is 16.6. The number of carbonyl (C=O) groups excluding carboxylic acids is 1. The van der Waals surface area contributed by atoms with Crippen molar-refractivity contribution in [3.63, 3.8) is 0 Å². The zero-order valence-electron chi connectivity index (χ0n) is 26.0. The van der Waals surface area contributed by atoms with Gasteiger partial charge in [0.25, 0.3) is 5.92 Å². The highest BCUT2D eigenvalue weighted by molar-refractivity contribution is 7.89. The Morgan fingerprint density at radius 3 is 2.13 bits per heavy atom. The van der Waals surface area contributed by atoms with Crippen LogP contribution < -0.4 is 15.2 Å². The normalized spacial score (nSPS) is 22.4.